The fourth-order valence-corrected chi connectivity index (χ4v) is 2.86. The van der Waals surface area contributed by atoms with Crippen LogP contribution < -0.4 is 0 Å². The number of hydrogen-bond acceptors (Lipinski definition) is 2. The van der Waals surface area contributed by atoms with Crippen molar-refractivity contribution in [1.29, 1.82) is 0 Å². The molecule has 0 radical (unpaired) electrons. The molecule has 0 saturated heterocycles. The number of amides is 1. The number of rotatable bonds is 4. The Kier molecular flexibility index (Phi) is 4.42. The van der Waals surface area contributed by atoms with E-state index in [1.54, 1.807) is 18.9 Å². The van der Waals surface area contributed by atoms with Crippen LogP contribution in [0.15, 0.2) is 24.3 Å². The third kappa shape index (κ3) is 3.00. The van der Waals surface area contributed by atoms with Crippen LogP contribution in [0.3, 0.4) is 0 Å². The van der Waals surface area contributed by atoms with E-state index in [4.69, 9.17) is 5.11 Å². The predicted molar refractivity (Wildman–Crippen MR) is 76.6 cm³/mol. The summed E-state index contributed by atoms with van der Waals surface area (Å²) in [6, 6.07) is 8.06. The minimum atomic E-state index is -0.867. The van der Waals surface area contributed by atoms with E-state index in [0.717, 1.165) is 24.8 Å². The van der Waals surface area contributed by atoms with Gasteiger partial charge in [-0.2, -0.15) is 0 Å². The van der Waals surface area contributed by atoms with Crippen molar-refractivity contribution in [3.8, 4) is 0 Å². The summed E-state index contributed by atoms with van der Waals surface area (Å²) in [7, 11) is 1.69. The monoisotopic (exact) mass is 275 g/mol. The summed E-state index contributed by atoms with van der Waals surface area (Å²) in [5.74, 6) is -1.49. The first-order valence-electron chi connectivity index (χ1n) is 7.06. The van der Waals surface area contributed by atoms with Gasteiger partial charge in [0.05, 0.1) is 11.8 Å². The van der Waals surface area contributed by atoms with Crippen LogP contribution in [0.2, 0.25) is 0 Å². The Labute approximate surface area is 119 Å². The molecule has 0 bridgehead atoms. The SMILES string of the molecule is CC(CN(C)C(=O)C1CCCc2ccccc21)C(=O)O. The Bertz CT molecular complexity index is 512. The van der Waals surface area contributed by atoms with Gasteiger partial charge in [0, 0.05) is 13.6 Å². The molecule has 2 rings (SSSR count). The van der Waals surface area contributed by atoms with Gasteiger partial charge in [-0.3, -0.25) is 9.59 Å². The van der Waals surface area contributed by atoms with E-state index < -0.39 is 11.9 Å². The highest BCUT2D eigenvalue weighted by molar-refractivity contribution is 5.84. The van der Waals surface area contributed by atoms with Crippen LogP contribution in [0.5, 0.6) is 0 Å². The lowest BCUT2D eigenvalue weighted by Crippen LogP contribution is -2.37. The Morgan fingerprint density at radius 1 is 1.40 bits per heavy atom. The Morgan fingerprint density at radius 2 is 2.10 bits per heavy atom. The van der Waals surface area contributed by atoms with Gasteiger partial charge in [-0.05, 0) is 30.4 Å². The van der Waals surface area contributed by atoms with Gasteiger partial charge < -0.3 is 10.0 Å². The highest BCUT2D eigenvalue weighted by Gasteiger charge is 2.29. The number of carboxylic acids is 1. The van der Waals surface area contributed by atoms with E-state index in [1.807, 2.05) is 18.2 Å². The molecule has 20 heavy (non-hydrogen) atoms. The molecular weight excluding hydrogens is 254 g/mol. The first-order chi connectivity index (χ1) is 9.50. The molecule has 0 spiro atoms. The number of fused-ring (bicyclic) bond motifs is 1. The van der Waals surface area contributed by atoms with E-state index in [9.17, 15) is 9.59 Å². The number of carbonyl (C=O) groups is 2. The number of benzene rings is 1. The van der Waals surface area contributed by atoms with Crippen LogP contribution in [0.4, 0.5) is 0 Å². The maximum atomic E-state index is 12.6. The van der Waals surface area contributed by atoms with Gasteiger partial charge in [-0.1, -0.05) is 31.2 Å². The molecule has 2 unspecified atom stereocenters. The maximum absolute atomic E-state index is 12.6. The van der Waals surface area contributed by atoms with Crippen LogP contribution in [0.25, 0.3) is 0 Å². The zero-order chi connectivity index (χ0) is 14.7. The van der Waals surface area contributed by atoms with E-state index in [2.05, 4.69) is 6.07 Å². The van der Waals surface area contributed by atoms with Crippen LogP contribution in [0.1, 0.15) is 36.8 Å². The Balaban J connectivity index is 2.12. The number of carboxylic acid groups (broad SMARTS) is 1. The third-order valence-electron chi connectivity index (χ3n) is 4.01. The average molecular weight is 275 g/mol. The lowest BCUT2D eigenvalue weighted by atomic mass is 9.82. The summed E-state index contributed by atoms with van der Waals surface area (Å²) in [4.78, 5) is 25.0. The molecular formula is C16H21NO3. The average Bonchev–Trinajstić information content (AvgIpc) is 2.45. The van der Waals surface area contributed by atoms with Crippen molar-refractivity contribution >= 4 is 11.9 Å². The van der Waals surface area contributed by atoms with Crippen molar-refractivity contribution in [2.75, 3.05) is 13.6 Å². The molecule has 2 atom stereocenters. The molecule has 0 heterocycles. The summed E-state index contributed by atoms with van der Waals surface area (Å²) in [5, 5.41) is 8.94. The number of aryl methyl sites for hydroxylation is 1. The van der Waals surface area contributed by atoms with Gasteiger partial charge in [0.1, 0.15) is 0 Å². The predicted octanol–water partition coefficient (Wildman–Crippen LogP) is 2.29. The molecule has 0 fully saturated rings. The molecule has 1 aliphatic carbocycles. The molecule has 1 aliphatic rings. The van der Waals surface area contributed by atoms with Crippen molar-refractivity contribution < 1.29 is 14.7 Å². The molecule has 4 heteroatoms. The van der Waals surface area contributed by atoms with Crippen molar-refractivity contribution in [1.82, 2.24) is 4.90 Å². The highest BCUT2D eigenvalue weighted by atomic mass is 16.4. The molecule has 0 saturated carbocycles. The smallest absolute Gasteiger partial charge is 0.308 e. The van der Waals surface area contributed by atoms with E-state index in [1.165, 1.54) is 5.56 Å². The number of carbonyl (C=O) groups excluding carboxylic acids is 1. The number of aliphatic carboxylic acids is 1. The number of likely N-dealkylation sites (N-methyl/N-ethyl adjacent to an activating group) is 1. The van der Waals surface area contributed by atoms with Gasteiger partial charge in [0.25, 0.3) is 0 Å². The second-order valence-corrected chi connectivity index (χ2v) is 5.60. The topological polar surface area (TPSA) is 57.6 Å². The lowest BCUT2D eigenvalue weighted by molar-refractivity contribution is -0.143. The zero-order valence-electron chi connectivity index (χ0n) is 12.0. The fraction of sp³-hybridized carbons (Fsp3) is 0.500. The first kappa shape index (κ1) is 14.6. The van der Waals surface area contributed by atoms with Crippen LogP contribution in [0, 0.1) is 5.92 Å². The molecule has 108 valence electrons. The molecule has 4 nitrogen and oxygen atoms in total. The summed E-state index contributed by atoms with van der Waals surface area (Å²) in [6.07, 6.45) is 2.88. The number of hydrogen-bond donors (Lipinski definition) is 1. The van der Waals surface area contributed by atoms with Crippen LogP contribution in [-0.4, -0.2) is 35.5 Å². The second-order valence-electron chi connectivity index (χ2n) is 5.60. The minimum absolute atomic E-state index is 0.0326. The number of nitrogens with zero attached hydrogens (tertiary/aromatic N) is 1. The van der Waals surface area contributed by atoms with Crippen molar-refractivity contribution in [3.05, 3.63) is 35.4 Å². The standard InChI is InChI=1S/C16H21NO3/c1-11(16(19)20)10-17(2)15(18)14-9-5-7-12-6-3-4-8-13(12)14/h3-4,6,8,11,14H,5,7,9-10H2,1-2H3,(H,19,20). The Hall–Kier alpha value is -1.84. The molecule has 0 aliphatic heterocycles. The summed E-state index contributed by atoms with van der Waals surface area (Å²) < 4.78 is 0. The van der Waals surface area contributed by atoms with E-state index >= 15 is 0 Å². The quantitative estimate of drug-likeness (QED) is 0.917. The summed E-state index contributed by atoms with van der Waals surface area (Å²) >= 11 is 0. The normalized spacial score (nSPS) is 19.0. The van der Waals surface area contributed by atoms with Gasteiger partial charge >= 0.3 is 5.97 Å². The van der Waals surface area contributed by atoms with E-state index in [-0.39, 0.29) is 18.4 Å². The van der Waals surface area contributed by atoms with Crippen molar-refractivity contribution in [3.63, 3.8) is 0 Å². The van der Waals surface area contributed by atoms with Gasteiger partial charge in [-0.25, -0.2) is 0 Å². The maximum Gasteiger partial charge on any atom is 0.308 e. The molecule has 1 amide bonds. The van der Waals surface area contributed by atoms with E-state index in [0.29, 0.717) is 0 Å². The third-order valence-corrected chi connectivity index (χ3v) is 4.01. The first-order valence-corrected chi connectivity index (χ1v) is 7.06. The Morgan fingerprint density at radius 3 is 2.80 bits per heavy atom. The van der Waals surface area contributed by atoms with Gasteiger partial charge in [0.2, 0.25) is 5.91 Å². The van der Waals surface area contributed by atoms with Crippen LogP contribution >= 0.6 is 0 Å². The van der Waals surface area contributed by atoms with Crippen molar-refractivity contribution in [2.45, 2.75) is 32.1 Å². The molecule has 1 N–H and O–H groups in total. The fourth-order valence-electron chi connectivity index (χ4n) is 2.86. The second kappa shape index (κ2) is 6.07. The van der Waals surface area contributed by atoms with Gasteiger partial charge in [0.15, 0.2) is 0 Å². The lowest BCUT2D eigenvalue weighted by Gasteiger charge is -2.29. The zero-order valence-corrected chi connectivity index (χ0v) is 12.0. The van der Waals surface area contributed by atoms with Crippen LogP contribution in [-0.2, 0) is 16.0 Å². The summed E-state index contributed by atoms with van der Waals surface area (Å²) in [5.41, 5.74) is 2.36. The highest BCUT2D eigenvalue weighted by Crippen LogP contribution is 2.32. The van der Waals surface area contributed by atoms with Gasteiger partial charge in [-0.15, -0.1) is 0 Å². The van der Waals surface area contributed by atoms with Crippen molar-refractivity contribution in [2.24, 2.45) is 5.92 Å². The minimum Gasteiger partial charge on any atom is -0.481 e. The largest absolute Gasteiger partial charge is 0.481 e. The molecule has 1 aromatic rings. The summed E-state index contributed by atoms with van der Waals surface area (Å²) in [6.45, 7) is 1.88. The molecule has 0 aromatic heterocycles. The molecule has 1 aromatic carbocycles.